The molecule has 2 saturated carbocycles. The molecule has 1 saturated heterocycles. The normalized spacial score (nSPS) is 39.6. The Labute approximate surface area is 113 Å². The van der Waals surface area contributed by atoms with Crippen LogP contribution in [0.3, 0.4) is 0 Å². The summed E-state index contributed by atoms with van der Waals surface area (Å²) in [5, 5.41) is 2.92. The maximum Gasteiger partial charge on any atom is 0.249 e. The molecule has 0 bridgehead atoms. The van der Waals surface area contributed by atoms with Gasteiger partial charge in [-0.15, -0.1) is 0 Å². The molecule has 1 aliphatic heterocycles. The molecule has 0 aromatic carbocycles. The summed E-state index contributed by atoms with van der Waals surface area (Å²) in [6.07, 6.45) is 5.14. The van der Waals surface area contributed by atoms with Crippen LogP contribution in [0.1, 0.15) is 39.0 Å². The number of carbonyl (C=O) groups excluding carboxylic acids is 2. The van der Waals surface area contributed by atoms with Crippen LogP contribution in [-0.2, 0) is 14.3 Å². The second-order valence-corrected chi connectivity index (χ2v) is 6.23. The average Bonchev–Trinajstić information content (AvgIpc) is 3.13. The molecule has 3 fully saturated rings. The summed E-state index contributed by atoms with van der Waals surface area (Å²) < 4.78 is 5.48. The van der Waals surface area contributed by atoms with Crippen molar-refractivity contribution < 1.29 is 14.3 Å². The van der Waals surface area contributed by atoms with Crippen molar-refractivity contribution >= 4 is 11.8 Å². The van der Waals surface area contributed by atoms with Crippen LogP contribution in [0.2, 0.25) is 0 Å². The molecule has 2 aliphatic carbocycles. The molecule has 0 aromatic rings. The first-order valence-corrected chi connectivity index (χ1v) is 7.21. The van der Waals surface area contributed by atoms with Gasteiger partial charge in [-0.2, -0.15) is 0 Å². The van der Waals surface area contributed by atoms with Gasteiger partial charge in [0.05, 0.1) is 12.1 Å². The first kappa shape index (κ1) is 12.9. The summed E-state index contributed by atoms with van der Waals surface area (Å²) in [6.45, 7) is 2.07. The molecule has 1 N–H and O–H groups in total. The van der Waals surface area contributed by atoms with Crippen molar-refractivity contribution in [3.63, 3.8) is 0 Å². The van der Waals surface area contributed by atoms with Gasteiger partial charge in [-0.1, -0.05) is 0 Å². The molecule has 5 heteroatoms. The van der Waals surface area contributed by atoms with E-state index in [0.717, 1.165) is 32.1 Å². The van der Waals surface area contributed by atoms with Gasteiger partial charge in [-0.25, -0.2) is 0 Å². The van der Waals surface area contributed by atoms with Gasteiger partial charge in [0, 0.05) is 7.11 Å². The van der Waals surface area contributed by atoms with Crippen molar-refractivity contribution in [2.24, 2.45) is 5.92 Å². The third-order valence-electron chi connectivity index (χ3n) is 4.93. The van der Waals surface area contributed by atoms with Crippen molar-refractivity contribution in [2.75, 3.05) is 13.7 Å². The van der Waals surface area contributed by atoms with Crippen LogP contribution < -0.4 is 5.32 Å². The zero-order valence-corrected chi connectivity index (χ0v) is 11.6. The van der Waals surface area contributed by atoms with Crippen LogP contribution in [0.15, 0.2) is 0 Å². The fourth-order valence-corrected chi connectivity index (χ4v) is 3.65. The second-order valence-electron chi connectivity index (χ2n) is 6.23. The Hall–Kier alpha value is -1.10. The lowest BCUT2D eigenvalue weighted by atomic mass is 9.90. The molecule has 3 rings (SSSR count). The molecule has 0 spiro atoms. The monoisotopic (exact) mass is 266 g/mol. The Morgan fingerprint density at radius 2 is 2.00 bits per heavy atom. The molecule has 2 amide bonds. The highest BCUT2D eigenvalue weighted by Crippen LogP contribution is 2.42. The Morgan fingerprint density at radius 3 is 2.63 bits per heavy atom. The van der Waals surface area contributed by atoms with E-state index in [2.05, 4.69) is 5.32 Å². The van der Waals surface area contributed by atoms with Gasteiger partial charge in [0.2, 0.25) is 11.8 Å². The van der Waals surface area contributed by atoms with E-state index in [1.54, 1.807) is 12.0 Å². The first-order valence-electron chi connectivity index (χ1n) is 7.21. The van der Waals surface area contributed by atoms with E-state index < -0.39 is 5.54 Å². The summed E-state index contributed by atoms with van der Waals surface area (Å²) in [5.41, 5.74) is -0.684. The maximum absolute atomic E-state index is 12.8. The minimum atomic E-state index is -0.684. The topological polar surface area (TPSA) is 58.6 Å². The SMILES string of the molecule is COC1CCCC1N1CC(=O)NC(C)(C2CC2)C1=O. The fraction of sp³-hybridized carbons (Fsp3) is 0.857. The predicted octanol–water partition coefficient (Wildman–Crippen LogP) is 0.681. The van der Waals surface area contributed by atoms with Gasteiger partial charge in [0.1, 0.15) is 12.1 Å². The average molecular weight is 266 g/mol. The molecule has 0 aromatic heterocycles. The van der Waals surface area contributed by atoms with E-state index in [9.17, 15) is 9.59 Å². The van der Waals surface area contributed by atoms with Crippen LogP contribution in [0.4, 0.5) is 0 Å². The van der Waals surface area contributed by atoms with E-state index in [1.165, 1.54) is 0 Å². The lowest BCUT2D eigenvalue weighted by Crippen LogP contribution is -2.68. The first-order chi connectivity index (χ1) is 9.06. The Morgan fingerprint density at radius 1 is 1.26 bits per heavy atom. The molecular formula is C14H22N2O3. The van der Waals surface area contributed by atoms with Gasteiger partial charge >= 0.3 is 0 Å². The van der Waals surface area contributed by atoms with E-state index in [0.29, 0.717) is 5.92 Å². The summed E-state index contributed by atoms with van der Waals surface area (Å²) in [4.78, 5) is 26.5. The molecule has 19 heavy (non-hydrogen) atoms. The molecule has 106 valence electrons. The number of carbonyl (C=O) groups is 2. The highest BCUT2D eigenvalue weighted by molar-refractivity contribution is 5.98. The Balaban J connectivity index is 1.84. The number of rotatable bonds is 3. The number of nitrogens with zero attached hydrogens (tertiary/aromatic N) is 1. The zero-order valence-electron chi connectivity index (χ0n) is 11.6. The number of amides is 2. The number of hydrogen-bond acceptors (Lipinski definition) is 3. The largest absolute Gasteiger partial charge is 0.379 e. The van der Waals surface area contributed by atoms with E-state index in [1.807, 2.05) is 6.92 Å². The maximum atomic E-state index is 12.8. The summed E-state index contributed by atoms with van der Waals surface area (Å²) in [5.74, 6) is 0.369. The Bertz CT molecular complexity index is 407. The quantitative estimate of drug-likeness (QED) is 0.817. The number of methoxy groups -OCH3 is 1. The highest BCUT2D eigenvalue weighted by atomic mass is 16.5. The van der Waals surface area contributed by atoms with Crippen molar-refractivity contribution in [1.82, 2.24) is 10.2 Å². The second kappa shape index (κ2) is 4.47. The van der Waals surface area contributed by atoms with Crippen molar-refractivity contribution in [3.8, 4) is 0 Å². The minimum absolute atomic E-state index is 0.0317. The summed E-state index contributed by atoms with van der Waals surface area (Å²) >= 11 is 0. The summed E-state index contributed by atoms with van der Waals surface area (Å²) in [6, 6.07) is 0.0709. The van der Waals surface area contributed by atoms with Gasteiger partial charge in [0.25, 0.3) is 0 Å². The van der Waals surface area contributed by atoms with Gasteiger partial charge in [-0.05, 0) is 44.9 Å². The van der Waals surface area contributed by atoms with Crippen molar-refractivity contribution in [1.29, 1.82) is 0 Å². The number of piperazine rings is 1. The fourth-order valence-electron chi connectivity index (χ4n) is 3.65. The molecule has 3 unspecified atom stereocenters. The predicted molar refractivity (Wildman–Crippen MR) is 69.4 cm³/mol. The van der Waals surface area contributed by atoms with Crippen molar-refractivity contribution in [2.45, 2.75) is 56.7 Å². The molecule has 1 heterocycles. The number of nitrogens with one attached hydrogen (secondary N) is 1. The molecule has 3 atom stereocenters. The third-order valence-corrected chi connectivity index (χ3v) is 4.93. The summed E-state index contributed by atoms with van der Waals surface area (Å²) in [7, 11) is 1.69. The molecule has 3 aliphatic rings. The lowest BCUT2D eigenvalue weighted by Gasteiger charge is -2.43. The van der Waals surface area contributed by atoms with E-state index in [-0.39, 0.29) is 30.5 Å². The van der Waals surface area contributed by atoms with Crippen LogP contribution >= 0.6 is 0 Å². The zero-order chi connectivity index (χ0) is 13.6. The highest BCUT2D eigenvalue weighted by Gasteiger charge is 2.54. The van der Waals surface area contributed by atoms with E-state index in [4.69, 9.17) is 4.74 Å². The van der Waals surface area contributed by atoms with Gasteiger partial charge in [-0.3, -0.25) is 9.59 Å². The lowest BCUT2D eigenvalue weighted by molar-refractivity contribution is -0.155. The van der Waals surface area contributed by atoms with Crippen LogP contribution in [0.25, 0.3) is 0 Å². The van der Waals surface area contributed by atoms with Gasteiger partial charge in [0.15, 0.2) is 0 Å². The number of ether oxygens (including phenoxy) is 1. The standard InChI is InChI=1S/C14H22N2O3/c1-14(9-6-7-9)13(18)16(8-12(17)15-14)10-4-3-5-11(10)19-2/h9-11H,3-8H2,1-2H3,(H,15,17). The molecule has 5 nitrogen and oxygen atoms in total. The molecular weight excluding hydrogens is 244 g/mol. The van der Waals surface area contributed by atoms with Crippen LogP contribution in [-0.4, -0.2) is 48.1 Å². The third kappa shape index (κ3) is 2.04. The smallest absolute Gasteiger partial charge is 0.249 e. The van der Waals surface area contributed by atoms with Crippen LogP contribution in [0, 0.1) is 5.92 Å². The number of hydrogen-bond donors (Lipinski definition) is 1. The van der Waals surface area contributed by atoms with Crippen molar-refractivity contribution in [3.05, 3.63) is 0 Å². The Kier molecular flexibility index (Phi) is 3.04. The minimum Gasteiger partial charge on any atom is -0.379 e. The van der Waals surface area contributed by atoms with Crippen LogP contribution in [0.5, 0.6) is 0 Å². The van der Waals surface area contributed by atoms with Gasteiger partial charge < -0.3 is 15.0 Å². The van der Waals surface area contributed by atoms with E-state index >= 15 is 0 Å². The molecule has 0 radical (unpaired) electrons.